The van der Waals surface area contributed by atoms with Crippen molar-refractivity contribution in [2.24, 2.45) is 7.05 Å². The van der Waals surface area contributed by atoms with Crippen LogP contribution in [0, 0.1) is 0 Å². The zero-order valence-corrected chi connectivity index (χ0v) is 12.8. The van der Waals surface area contributed by atoms with Crippen LogP contribution < -0.4 is 15.4 Å². The number of carbonyl (C=O) groups excluding carboxylic acids is 1. The minimum Gasteiger partial charge on any atom is -0.476 e. The van der Waals surface area contributed by atoms with Gasteiger partial charge in [0.05, 0.1) is 24.3 Å². The predicted octanol–water partition coefficient (Wildman–Crippen LogP) is 1.71. The van der Waals surface area contributed by atoms with Gasteiger partial charge in [0, 0.05) is 25.5 Å². The van der Waals surface area contributed by atoms with Gasteiger partial charge in [-0.3, -0.25) is 4.68 Å². The molecule has 7 nitrogen and oxygen atoms in total. The predicted molar refractivity (Wildman–Crippen MR) is 78.2 cm³/mol. The number of nitrogens with zero attached hydrogens (tertiary/aromatic N) is 3. The number of aromatic nitrogens is 3. The lowest BCUT2D eigenvalue weighted by molar-refractivity contribution is -0.137. The summed E-state index contributed by atoms with van der Waals surface area (Å²) >= 11 is 0. The molecule has 24 heavy (non-hydrogen) atoms. The highest BCUT2D eigenvalue weighted by molar-refractivity contribution is 5.73. The quantitative estimate of drug-likeness (QED) is 0.783. The lowest BCUT2D eigenvalue weighted by Gasteiger charge is -2.10. The van der Waals surface area contributed by atoms with Gasteiger partial charge in [-0.15, -0.1) is 0 Å². The van der Waals surface area contributed by atoms with Gasteiger partial charge in [0.2, 0.25) is 5.88 Å². The Morgan fingerprint density at radius 1 is 1.29 bits per heavy atom. The van der Waals surface area contributed by atoms with Crippen LogP contribution in [-0.2, 0) is 19.8 Å². The van der Waals surface area contributed by atoms with Crippen molar-refractivity contribution in [2.45, 2.75) is 12.7 Å². The van der Waals surface area contributed by atoms with Crippen molar-refractivity contribution in [1.29, 1.82) is 0 Å². The molecule has 0 saturated heterocycles. The molecule has 2 aromatic heterocycles. The third-order valence-corrected chi connectivity index (χ3v) is 3.05. The van der Waals surface area contributed by atoms with E-state index in [0.717, 1.165) is 17.8 Å². The van der Waals surface area contributed by atoms with E-state index in [1.165, 1.54) is 0 Å². The van der Waals surface area contributed by atoms with E-state index in [-0.39, 0.29) is 25.1 Å². The molecule has 0 saturated carbocycles. The largest absolute Gasteiger partial charge is 0.476 e. The van der Waals surface area contributed by atoms with E-state index >= 15 is 0 Å². The Labute approximate surface area is 135 Å². The maximum absolute atomic E-state index is 12.4. The highest BCUT2D eigenvalue weighted by Crippen LogP contribution is 2.29. The van der Waals surface area contributed by atoms with Crippen molar-refractivity contribution in [3.63, 3.8) is 0 Å². The molecule has 0 aliphatic carbocycles. The minimum atomic E-state index is -4.43. The van der Waals surface area contributed by atoms with Crippen LogP contribution in [0.5, 0.6) is 5.88 Å². The highest BCUT2D eigenvalue weighted by Gasteiger charge is 2.30. The number of urea groups is 1. The number of rotatable bonds is 6. The summed E-state index contributed by atoms with van der Waals surface area (Å²) in [6, 6.07) is 3.40. The van der Waals surface area contributed by atoms with E-state index in [1.807, 2.05) is 0 Å². The zero-order chi connectivity index (χ0) is 17.6. The molecule has 0 radical (unpaired) electrons. The molecule has 0 aliphatic rings. The zero-order valence-electron chi connectivity index (χ0n) is 12.8. The van der Waals surface area contributed by atoms with Crippen molar-refractivity contribution in [2.75, 3.05) is 13.2 Å². The van der Waals surface area contributed by atoms with Crippen molar-refractivity contribution >= 4 is 6.03 Å². The summed E-state index contributed by atoms with van der Waals surface area (Å²) in [5.41, 5.74) is -0.00197. The van der Waals surface area contributed by atoms with E-state index < -0.39 is 11.7 Å². The Hall–Kier alpha value is -2.78. The van der Waals surface area contributed by atoms with Crippen molar-refractivity contribution in [1.82, 2.24) is 25.4 Å². The molecular weight excluding hydrogens is 327 g/mol. The first kappa shape index (κ1) is 17.6. The first-order valence-electron chi connectivity index (χ1n) is 7.01. The fraction of sp³-hybridized carbons (Fsp3) is 0.357. The van der Waals surface area contributed by atoms with E-state index in [9.17, 15) is 18.0 Å². The number of hydrogen-bond acceptors (Lipinski definition) is 4. The lowest BCUT2D eigenvalue weighted by Crippen LogP contribution is -2.37. The van der Waals surface area contributed by atoms with Crippen molar-refractivity contribution < 1.29 is 22.7 Å². The average Bonchev–Trinajstić information content (AvgIpc) is 2.94. The second-order valence-corrected chi connectivity index (χ2v) is 4.79. The van der Waals surface area contributed by atoms with Crippen LogP contribution in [0.3, 0.4) is 0 Å². The summed E-state index contributed by atoms with van der Waals surface area (Å²) in [6.45, 7) is 0.584. The summed E-state index contributed by atoms with van der Waals surface area (Å²) in [5, 5.41) is 9.17. The van der Waals surface area contributed by atoms with Gasteiger partial charge >= 0.3 is 12.2 Å². The Kier molecular flexibility index (Phi) is 5.61. The molecule has 0 fully saturated rings. The lowest BCUT2D eigenvalue weighted by atomic mass is 10.3. The SMILES string of the molecule is Cn1nccc1CNC(=O)NCCOc1ccc(C(F)(F)F)cn1. The monoisotopic (exact) mass is 343 g/mol. The Morgan fingerprint density at radius 2 is 2.08 bits per heavy atom. The van der Waals surface area contributed by atoms with E-state index in [0.29, 0.717) is 12.7 Å². The molecule has 0 atom stereocenters. The van der Waals surface area contributed by atoms with Crippen LogP contribution in [-0.4, -0.2) is 33.9 Å². The summed E-state index contributed by atoms with van der Waals surface area (Å²) < 4.78 is 43.9. The second-order valence-electron chi connectivity index (χ2n) is 4.79. The summed E-state index contributed by atoms with van der Waals surface area (Å²) in [7, 11) is 1.76. The standard InChI is InChI=1S/C14H16F3N5O2/c1-22-11(4-5-21-22)9-20-13(23)18-6-7-24-12-3-2-10(8-19-12)14(15,16)17/h2-5,8H,6-7,9H2,1H3,(H2,18,20,23). The Morgan fingerprint density at radius 3 is 2.67 bits per heavy atom. The number of aryl methyl sites for hydroxylation is 1. The van der Waals surface area contributed by atoms with Gasteiger partial charge < -0.3 is 15.4 Å². The molecule has 0 spiro atoms. The Bertz CT molecular complexity index is 670. The molecule has 0 aliphatic heterocycles. The molecule has 0 bridgehead atoms. The maximum Gasteiger partial charge on any atom is 0.417 e. The molecule has 2 N–H and O–H groups in total. The maximum atomic E-state index is 12.4. The van der Waals surface area contributed by atoms with Crippen LogP contribution in [0.1, 0.15) is 11.3 Å². The third kappa shape index (κ3) is 5.14. The smallest absolute Gasteiger partial charge is 0.417 e. The number of halogens is 3. The highest BCUT2D eigenvalue weighted by atomic mass is 19.4. The molecule has 2 rings (SSSR count). The number of pyridine rings is 1. The van der Waals surface area contributed by atoms with Crippen molar-refractivity contribution in [3.8, 4) is 5.88 Å². The molecule has 10 heteroatoms. The van der Waals surface area contributed by atoms with E-state index in [4.69, 9.17) is 4.74 Å². The number of carbonyl (C=O) groups is 1. The van der Waals surface area contributed by atoms with Gasteiger partial charge in [0.1, 0.15) is 6.61 Å². The van der Waals surface area contributed by atoms with Gasteiger partial charge in [0.25, 0.3) is 0 Å². The molecule has 2 heterocycles. The number of amides is 2. The fourth-order valence-corrected chi connectivity index (χ4v) is 1.76. The van der Waals surface area contributed by atoms with Gasteiger partial charge in [-0.2, -0.15) is 18.3 Å². The number of alkyl halides is 3. The third-order valence-electron chi connectivity index (χ3n) is 3.05. The van der Waals surface area contributed by atoms with Crippen LogP contribution >= 0.6 is 0 Å². The Balaban J connectivity index is 1.65. The number of nitrogens with one attached hydrogen (secondary N) is 2. The van der Waals surface area contributed by atoms with Crippen LogP contribution in [0.25, 0.3) is 0 Å². The van der Waals surface area contributed by atoms with Gasteiger partial charge in [0.15, 0.2) is 0 Å². The molecule has 0 aromatic carbocycles. The van der Waals surface area contributed by atoms with Gasteiger partial charge in [-0.1, -0.05) is 0 Å². The first-order chi connectivity index (χ1) is 11.4. The van der Waals surface area contributed by atoms with Gasteiger partial charge in [-0.05, 0) is 12.1 Å². The second kappa shape index (κ2) is 7.66. The fourth-order valence-electron chi connectivity index (χ4n) is 1.76. The molecular formula is C14H16F3N5O2. The average molecular weight is 343 g/mol. The summed E-state index contributed by atoms with van der Waals surface area (Å²) in [6.07, 6.45) is -2.11. The molecule has 0 unspecified atom stereocenters. The number of hydrogen-bond donors (Lipinski definition) is 2. The van der Waals surface area contributed by atoms with E-state index in [1.54, 1.807) is 24.0 Å². The van der Waals surface area contributed by atoms with Crippen LogP contribution in [0.2, 0.25) is 0 Å². The van der Waals surface area contributed by atoms with Gasteiger partial charge in [-0.25, -0.2) is 9.78 Å². The van der Waals surface area contributed by atoms with E-state index in [2.05, 4.69) is 20.7 Å². The van der Waals surface area contributed by atoms with Crippen LogP contribution in [0.4, 0.5) is 18.0 Å². The first-order valence-corrected chi connectivity index (χ1v) is 7.01. The molecule has 2 amide bonds. The van der Waals surface area contributed by atoms with Crippen molar-refractivity contribution in [3.05, 3.63) is 41.9 Å². The molecule has 130 valence electrons. The topological polar surface area (TPSA) is 81.1 Å². The molecule has 2 aromatic rings. The number of ether oxygens (including phenoxy) is 1. The van der Waals surface area contributed by atoms with Crippen LogP contribution in [0.15, 0.2) is 30.6 Å². The summed E-state index contributed by atoms with van der Waals surface area (Å²) in [5.74, 6) is 0.0556. The normalized spacial score (nSPS) is 11.2. The minimum absolute atomic E-state index is 0.0556. The summed E-state index contributed by atoms with van der Waals surface area (Å²) in [4.78, 5) is 15.1.